The number of methoxy groups -OCH3 is 1. The van der Waals surface area contributed by atoms with E-state index in [1.165, 1.54) is 31.2 Å². The van der Waals surface area contributed by atoms with Crippen molar-refractivity contribution in [2.45, 2.75) is 72.3 Å². The van der Waals surface area contributed by atoms with Crippen LogP contribution in [0.3, 0.4) is 0 Å². The minimum absolute atomic E-state index is 0.0277. The van der Waals surface area contributed by atoms with Crippen LogP contribution in [0.15, 0.2) is 41.0 Å². The van der Waals surface area contributed by atoms with Crippen LogP contribution < -0.4 is 4.74 Å². The molecule has 1 saturated carbocycles. The van der Waals surface area contributed by atoms with Gasteiger partial charge in [-0.05, 0) is 84.1 Å². The molecule has 0 saturated heterocycles. The van der Waals surface area contributed by atoms with Gasteiger partial charge in [-0.2, -0.15) is 0 Å². The van der Waals surface area contributed by atoms with Crippen molar-refractivity contribution < 1.29 is 9.84 Å². The van der Waals surface area contributed by atoms with Gasteiger partial charge in [0.05, 0.1) is 22.7 Å². The van der Waals surface area contributed by atoms with Crippen molar-refractivity contribution in [3.05, 3.63) is 57.3 Å². The maximum absolute atomic E-state index is 9.03. The van der Waals surface area contributed by atoms with Gasteiger partial charge in [0.1, 0.15) is 5.75 Å². The number of aliphatic hydroxyl groups is 1. The Labute approximate surface area is 196 Å². The van der Waals surface area contributed by atoms with Crippen molar-refractivity contribution in [1.82, 2.24) is 4.98 Å². The second kappa shape index (κ2) is 14.8. The first kappa shape index (κ1) is 26.9. The third-order valence-electron chi connectivity index (χ3n) is 5.48. The summed E-state index contributed by atoms with van der Waals surface area (Å²) in [6, 6.07) is 10.1. The molecule has 2 aromatic rings. The van der Waals surface area contributed by atoms with E-state index in [1.807, 2.05) is 25.1 Å². The smallest absolute Gasteiger partial charge is 0.118 e. The minimum Gasteiger partial charge on any atom is -0.497 e. The largest absolute Gasteiger partial charge is 0.497 e. The third-order valence-corrected chi connectivity index (χ3v) is 6.65. The quantitative estimate of drug-likeness (QED) is 0.460. The lowest BCUT2D eigenvalue weighted by atomic mass is 9.99. The Kier molecular flexibility index (Phi) is 13.3. The highest BCUT2D eigenvalue weighted by atomic mass is 79.9. The van der Waals surface area contributed by atoms with Gasteiger partial charge in [-0.3, -0.25) is 4.98 Å². The molecule has 1 fully saturated rings. The lowest BCUT2D eigenvalue weighted by Gasteiger charge is -2.08. The van der Waals surface area contributed by atoms with E-state index >= 15 is 0 Å². The molecular weight excluding hydrogens is 462 g/mol. The normalized spacial score (nSPS) is 18.5. The molecule has 30 heavy (non-hydrogen) atoms. The zero-order chi connectivity index (χ0) is 22.5. The van der Waals surface area contributed by atoms with Crippen molar-refractivity contribution >= 4 is 27.5 Å². The van der Waals surface area contributed by atoms with E-state index < -0.39 is 0 Å². The molecule has 1 heterocycles. The number of aryl methyl sites for hydroxylation is 1. The number of pyridine rings is 1. The fourth-order valence-electron chi connectivity index (χ4n) is 3.24. The molecule has 5 heteroatoms. The van der Waals surface area contributed by atoms with E-state index in [2.05, 4.69) is 53.8 Å². The average molecular weight is 499 g/mol. The van der Waals surface area contributed by atoms with Crippen LogP contribution in [0.5, 0.6) is 5.75 Å². The number of aromatic nitrogens is 1. The first-order valence-corrected chi connectivity index (χ1v) is 12.0. The third kappa shape index (κ3) is 10.8. The molecular formula is C25H37BrClNO2. The summed E-state index contributed by atoms with van der Waals surface area (Å²) in [5.74, 6) is 2.53. The first-order chi connectivity index (χ1) is 14.3. The second-order valence-electron chi connectivity index (χ2n) is 8.05. The molecule has 2 unspecified atom stereocenters. The van der Waals surface area contributed by atoms with Crippen molar-refractivity contribution in [3.8, 4) is 5.75 Å². The van der Waals surface area contributed by atoms with Crippen LogP contribution in [0, 0.1) is 18.8 Å². The zero-order valence-corrected chi connectivity index (χ0v) is 21.3. The second-order valence-corrected chi connectivity index (χ2v) is 9.31. The number of halogens is 2. The summed E-state index contributed by atoms with van der Waals surface area (Å²) in [5, 5.41) is 9.74. The highest BCUT2D eigenvalue weighted by Crippen LogP contribution is 2.27. The van der Waals surface area contributed by atoms with Crippen LogP contribution in [0.2, 0.25) is 5.02 Å². The molecule has 0 aliphatic heterocycles. The van der Waals surface area contributed by atoms with Gasteiger partial charge < -0.3 is 9.84 Å². The standard InChI is InChI=1S/C12H18O.C7H14O.C6H5BrClN/c1-4-10(2)9-11-5-7-12(13-3)8-6-11;1-2-6-3-4-7(8)5-6;1-4-2-6(8)5(7)3-9-4/h5-8,10H,4,9H2,1-3H3;6-8H,2-5H2,1H3;2-3H,1H3/t10-;;/m1../s1. The summed E-state index contributed by atoms with van der Waals surface area (Å²) >= 11 is 8.96. The summed E-state index contributed by atoms with van der Waals surface area (Å²) in [5.41, 5.74) is 2.33. The summed E-state index contributed by atoms with van der Waals surface area (Å²) < 4.78 is 5.94. The highest BCUT2D eigenvalue weighted by Gasteiger charge is 2.20. The monoisotopic (exact) mass is 497 g/mol. The summed E-state index contributed by atoms with van der Waals surface area (Å²) in [6.45, 7) is 8.61. The van der Waals surface area contributed by atoms with Crippen LogP contribution in [0.4, 0.5) is 0 Å². The van der Waals surface area contributed by atoms with Gasteiger partial charge in [0, 0.05) is 11.9 Å². The van der Waals surface area contributed by atoms with Crippen LogP contribution in [0.1, 0.15) is 64.1 Å². The van der Waals surface area contributed by atoms with Crippen molar-refractivity contribution in [3.63, 3.8) is 0 Å². The minimum atomic E-state index is 0.0277. The molecule has 0 spiro atoms. The lowest BCUT2D eigenvalue weighted by Crippen LogP contribution is -1.98. The van der Waals surface area contributed by atoms with E-state index in [-0.39, 0.29) is 6.10 Å². The number of benzene rings is 1. The maximum atomic E-state index is 9.03. The molecule has 1 N–H and O–H groups in total. The Hall–Kier alpha value is -1.10. The van der Waals surface area contributed by atoms with Gasteiger partial charge in [0.25, 0.3) is 0 Å². The lowest BCUT2D eigenvalue weighted by molar-refractivity contribution is 0.177. The van der Waals surface area contributed by atoms with Gasteiger partial charge in [0.2, 0.25) is 0 Å². The van der Waals surface area contributed by atoms with Gasteiger partial charge in [-0.15, -0.1) is 0 Å². The SMILES string of the molecule is CCC1CCC(O)C1.CC[C@@H](C)Cc1ccc(OC)cc1.Cc1cc(Cl)c(Br)cn1. The number of ether oxygens (including phenoxy) is 1. The van der Waals surface area contributed by atoms with Gasteiger partial charge >= 0.3 is 0 Å². The van der Waals surface area contributed by atoms with E-state index in [0.717, 1.165) is 40.6 Å². The zero-order valence-electron chi connectivity index (χ0n) is 19.0. The Morgan fingerprint density at radius 3 is 2.30 bits per heavy atom. The Morgan fingerprint density at radius 2 is 1.90 bits per heavy atom. The van der Waals surface area contributed by atoms with E-state index in [4.69, 9.17) is 21.4 Å². The number of rotatable bonds is 5. The fourth-order valence-corrected chi connectivity index (χ4v) is 3.66. The maximum Gasteiger partial charge on any atom is 0.118 e. The van der Waals surface area contributed by atoms with Crippen molar-refractivity contribution in [2.75, 3.05) is 7.11 Å². The van der Waals surface area contributed by atoms with Crippen LogP contribution >= 0.6 is 27.5 Å². The Morgan fingerprint density at radius 1 is 1.23 bits per heavy atom. The predicted octanol–water partition coefficient (Wildman–Crippen LogP) is 7.65. The molecule has 3 atom stereocenters. The van der Waals surface area contributed by atoms with Crippen LogP contribution in [0.25, 0.3) is 0 Å². The summed E-state index contributed by atoms with van der Waals surface area (Å²) in [6.07, 6.45) is 8.72. The highest BCUT2D eigenvalue weighted by molar-refractivity contribution is 9.10. The van der Waals surface area contributed by atoms with Crippen LogP contribution in [-0.2, 0) is 6.42 Å². The Balaban J connectivity index is 0.000000234. The van der Waals surface area contributed by atoms with E-state index in [9.17, 15) is 0 Å². The molecule has 3 rings (SSSR count). The van der Waals surface area contributed by atoms with E-state index in [1.54, 1.807) is 13.3 Å². The van der Waals surface area contributed by atoms with E-state index in [0.29, 0.717) is 5.02 Å². The molecule has 3 nitrogen and oxygen atoms in total. The Bertz CT molecular complexity index is 724. The fraction of sp³-hybridized carbons (Fsp3) is 0.560. The molecule has 1 aromatic heterocycles. The van der Waals surface area contributed by atoms with Crippen molar-refractivity contribution in [1.29, 1.82) is 0 Å². The number of hydrogen-bond acceptors (Lipinski definition) is 3. The number of nitrogens with zero attached hydrogens (tertiary/aromatic N) is 1. The topological polar surface area (TPSA) is 42.4 Å². The number of hydrogen-bond donors (Lipinski definition) is 1. The summed E-state index contributed by atoms with van der Waals surface area (Å²) in [4.78, 5) is 4.01. The molecule has 168 valence electrons. The molecule has 0 amide bonds. The number of aliphatic hydroxyl groups excluding tert-OH is 1. The van der Waals surface area contributed by atoms with Gasteiger partial charge in [-0.1, -0.05) is 57.3 Å². The van der Waals surface area contributed by atoms with Gasteiger partial charge in [0.15, 0.2) is 0 Å². The average Bonchev–Trinajstić information content (AvgIpc) is 3.18. The molecule has 0 bridgehead atoms. The molecule has 1 aromatic carbocycles. The first-order valence-electron chi connectivity index (χ1n) is 10.9. The molecule has 1 aliphatic carbocycles. The van der Waals surface area contributed by atoms with Gasteiger partial charge in [-0.25, -0.2) is 0 Å². The predicted molar refractivity (Wildman–Crippen MR) is 131 cm³/mol. The molecule has 1 aliphatic rings. The van der Waals surface area contributed by atoms with Crippen molar-refractivity contribution in [2.24, 2.45) is 11.8 Å². The molecule has 0 radical (unpaired) electrons. The van der Waals surface area contributed by atoms with Crippen LogP contribution in [-0.4, -0.2) is 23.3 Å². The summed E-state index contributed by atoms with van der Waals surface area (Å²) in [7, 11) is 1.70.